The molecule has 6 heterocycles. The molecule has 1 amide bonds. The first-order chi connectivity index (χ1) is 27.7. The van der Waals surface area contributed by atoms with Crippen LogP contribution in [0, 0.1) is 11.8 Å². The van der Waals surface area contributed by atoms with E-state index in [0.29, 0.717) is 32.1 Å². The molecule has 20 heteroatoms. The highest BCUT2D eigenvalue weighted by Crippen LogP contribution is 2.42. The third kappa shape index (κ3) is 7.44. The van der Waals surface area contributed by atoms with Gasteiger partial charge in [-0.1, -0.05) is 8.98 Å². The number of aromatic nitrogens is 8. The van der Waals surface area contributed by atoms with Crippen LogP contribution in [-0.2, 0) is 35.3 Å². The van der Waals surface area contributed by atoms with Gasteiger partial charge in [0.15, 0.2) is 0 Å². The lowest BCUT2D eigenvalue weighted by atomic mass is 9.87. The number of rotatable bonds is 8. The molecule has 6 aromatic heterocycles. The van der Waals surface area contributed by atoms with E-state index < -0.39 is 18.9 Å². The molecule has 0 unspecified atom stereocenters. The maximum absolute atomic E-state index is 12.7. The van der Waals surface area contributed by atoms with E-state index in [4.69, 9.17) is 0 Å². The Balaban J connectivity index is 0.000000150. The number of alkyl halides is 2. The number of nitrogens with zero attached hydrogens (tertiary/aromatic N) is 9. The number of amides is 1. The summed E-state index contributed by atoms with van der Waals surface area (Å²) in [6.45, 7) is -0.534. The van der Waals surface area contributed by atoms with Gasteiger partial charge in [0.1, 0.15) is 45.0 Å². The number of carbonyl (C=O) groups is 2. The summed E-state index contributed by atoms with van der Waals surface area (Å²) in [5.74, 6) is -0.0450. The fraction of sp³-hybridized carbons (Fsp3) is 0.297. The van der Waals surface area contributed by atoms with E-state index in [1.165, 1.54) is 42.0 Å². The van der Waals surface area contributed by atoms with Gasteiger partial charge in [-0.2, -0.15) is 0 Å². The fourth-order valence-corrected chi connectivity index (χ4v) is 11.2. The number of hydrogen-bond donors (Lipinski definition) is 3. The molecule has 0 saturated heterocycles. The molecular formula is C37H31F2N11O3S4. The Labute approximate surface area is 338 Å². The smallest absolute Gasteiger partial charge is 0.306 e. The summed E-state index contributed by atoms with van der Waals surface area (Å²) in [6.07, 6.45) is 4.37. The zero-order valence-corrected chi connectivity index (χ0v) is 33.2. The van der Waals surface area contributed by atoms with Gasteiger partial charge in [-0.25, -0.2) is 28.7 Å². The van der Waals surface area contributed by atoms with Crippen LogP contribution in [0.3, 0.4) is 0 Å². The van der Waals surface area contributed by atoms with Gasteiger partial charge in [0.05, 0.1) is 32.6 Å². The van der Waals surface area contributed by atoms with Crippen molar-refractivity contribution < 1.29 is 23.5 Å². The van der Waals surface area contributed by atoms with Gasteiger partial charge in [0.25, 0.3) is 6.43 Å². The van der Waals surface area contributed by atoms with Gasteiger partial charge in [-0.05, 0) is 109 Å². The van der Waals surface area contributed by atoms with E-state index in [2.05, 4.69) is 49.7 Å². The highest BCUT2D eigenvalue weighted by atomic mass is 32.1. The molecule has 2 atom stereocenters. The van der Waals surface area contributed by atoms with Gasteiger partial charge < -0.3 is 20.6 Å². The minimum Gasteiger partial charge on any atom is -0.481 e. The van der Waals surface area contributed by atoms with Crippen molar-refractivity contribution in [2.75, 3.05) is 24.2 Å². The summed E-state index contributed by atoms with van der Waals surface area (Å²) in [5.41, 5.74) is 5.86. The van der Waals surface area contributed by atoms with Crippen LogP contribution in [-0.4, -0.2) is 81.0 Å². The number of hydrogen-bond acceptors (Lipinski definition) is 16. The molecule has 0 spiro atoms. The minimum atomic E-state index is -2.53. The summed E-state index contributed by atoms with van der Waals surface area (Å²) in [5, 5.41) is 26.2. The Morgan fingerprint density at radius 3 is 1.81 bits per heavy atom. The van der Waals surface area contributed by atoms with E-state index in [-0.39, 0.29) is 17.7 Å². The van der Waals surface area contributed by atoms with Crippen molar-refractivity contribution in [2.45, 2.75) is 45.0 Å². The highest BCUT2D eigenvalue weighted by molar-refractivity contribution is 7.19. The number of carbonyl (C=O) groups excluding carboxylic acids is 1. The monoisotopic (exact) mass is 843 g/mol. The van der Waals surface area contributed by atoms with Crippen LogP contribution in [0.4, 0.5) is 31.8 Å². The number of anilines is 4. The van der Waals surface area contributed by atoms with Crippen molar-refractivity contribution in [3.05, 3.63) is 69.9 Å². The summed E-state index contributed by atoms with van der Waals surface area (Å²) in [4.78, 5) is 46.8. The fourth-order valence-electron chi connectivity index (χ4n) is 7.43. The Hall–Kier alpha value is -5.44. The van der Waals surface area contributed by atoms with Crippen LogP contribution in [0.1, 0.15) is 33.7 Å². The first kappa shape index (κ1) is 37.2. The summed E-state index contributed by atoms with van der Waals surface area (Å²) >= 11 is 5.81. The molecule has 14 nitrogen and oxygen atoms in total. The number of thiophene rings is 2. The summed E-state index contributed by atoms with van der Waals surface area (Å²) in [7, 11) is 1.44. The number of nitrogens with one attached hydrogen (secondary N) is 2. The largest absolute Gasteiger partial charge is 0.481 e. The second-order valence-electron chi connectivity index (χ2n) is 13.8. The Morgan fingerprint density at radius 1 is 0.789 bits per heavy atom. The third-order valence-electron chi connectivity index (χ3n) is 10.2. The quantitative estimate of drug-likeness (QED) is 0.134. The number of aryl methyl sites for hydroxylation is 2. The molecule has 290 valence electrons. The molecule has 10 rings (SSSR count). The molecule has 0 saturated carbocycles. The molecule has 0 fully saturated rings. The lowest BCUT2D eigenvalue weighted by molar-refractivity contribution is -0.142. The second-order valence-corrected chi connectivity index (χ2v) is 17.5. The predicted molar refractivity (Wildman–Crippen MR) is 219 cm³/mol. The number of carboxylic acid groups (broad SMARTS) is 1. The van der Waals surface area contributed by atoms with Gasteiger partial charge in [-0.3, -0.25) is 9.59 Å². The van der Waals surface area contributed by atoms with E-state index >= 15 is 0 Å². The van der Waals surface area contributed by atoms with Gasteiger partial charge in [0.2, 0.25) is 5.91 Å². The van der Waals surface area contributed by atoms with Crippen molar-refractivity contribution in [3.8, 4) is 0 Å². The predicted octanol–water partition coefficient (Wildman–Crippen LogP) is 7.90. The van der Waals surface area contributed by atoms with Crippen molar-refractivity contribution >= 4 is 121 Å². The number of aliphatic carboxylic acids is 1. The van der Waals surface area contributed by atoms with Crippen molar-refractivity contribution in [1.82, 2.24) is 44.0 Å². The van der Waals surface area contributed by atoms with Crippen LogP contribution >= 0.6 is 45.7 Å². The normalized spacial score (nSPS) is 16.4. The average Bonchev–Trinajstić information content (AvgIpc) is 4.01. The Bertz CT molecular complexity index is 2810. The summed E-state index contributed by atoms with van der Waals surface area (Å²) < 4.78 is 35.2. The molecule has 0 bridgehead atoms. The third-order valence-corrected chi connectivity index (χ3v) is 13.9. The van der Waals surface area contributed by atoms with Crippen molar-refractivity contribution in [1.29, 1.82) is 0 Å². The number of benzene rings is 2. The Kier molecular flexibility index (Phi) is 10.1. The topological polar surface area (TPSA) is 185 Å². The Morgan fingerprint density at radius 2 is 1.30 bits per heavy atom. The zero-order valence-electron chi connectivity index (χ0n) is 30.0. The zero-order chi connectivity index (χ0) is 39.2. The molecular weight excluding hydrogens is 813 g/mol. The SMILES string of the molecule is CN(CC(F)F)C(=O)[C@H]1CCc2c(sc3ncnc(Nc4ccc5nnsc5c4)c23)C1.O=C(O)[C@H]1CCc2c(sc3ncnc(Nc4ccc5nnsc5c4)c23)C1. The highest BCUT2D eigenvalue weighted by Gasteiger charge is 2.32. The van der Waals surface area contributed by atoms with Gasteiger partial charge in [0, 0.05) is 34.1 Å². The summed E-state index contributed by atoms with van der Waals surface area (Å²) in [6, 6.07) is 11.7. The van der Waals surface area contributed by atoms with Crippen LogP contribution in [0.15, 0.2) is 49.1 Å². The molecule has 2 aromatic carbocycles. The molecule has 2 aliphatic carbocycles. The number of fused-ring (bicyclic) bond motifs is 8. The molecule has 0 aliphatic heterocycles. The van der Waals surface area contributed by atoms with E-state index in [0.717, 1.165) is 90.5 Å². The van der Waals surface area contributed by atoms with E-state index in [1.54, 1.807) is 29.0 Å². The van der Waals surface area contributed by atoms with Crippen LogP contribution < -0.4 is 10.6 Å². The van der Waals surface area contributed by atoms with E-state index in [9.17, 15) is 23.5 Å². The van der Waals surface area contributed by atoms with Gasteiger partial charge >= 0.3 is 5.97 Å². The minimum absolute atomic E-state index is 0.223. The molecule has 8 aromatic rings. The lowest BCUT2D eigenvalue weighted by Crippen LogP contribution is -2.38. The van der Waals surface area contributed by atoms with Gasteiger partial charge in [-0.15, -0.1) is 32.9 Å². The number of carboxylic acids is 1. The van der Waals surface area contributed by atoms with Crippen LogP contribution in [0.2, 0.25) is 0 Å². The van der Waals surface area contributed by atoms with E-state index in [1.807, 2.05) is 36.4 Å². The average molecular weight is 844 g/mol. The van der Waals surface area contributed by atoms with Crippen LogP contribution in [0.25, 0.3) is 40.9 Å². The number of halogens is 2. The van der Waals surface area contributed by atoms with Crippen molar-refractivity contribution in [3.63, 3.8) is 0 Å². The first-order valence-electron chi connectivity index (χ1n) is 17.9. The molecule has 57 heavy (non-hydrogen) atoms. The maximum atomic E-state index is 12.7. The standard InChI is InChI=1S/C20H18F2N6OS2.C17H13N5O2S2/c1-28(8-16(21)22)20(29)10-2-4-12-14(6-10)30-19-17(12)18(23-9-24-19)25-11-3-5-13-15(7-11)31-27-26-13;23-17(24)8-1-3-10-12(5-8)25-16-14(10)15(18-7-19-16)20-9-2-4-11-13(6-9)26-22-21-11/h3,5,7,9-10,16H,2,4,6,8H2,1H3,(H,23,24,25);2,4,6-8H,1,3,5H2,(H,23,24)(H,18,19,20)/t10-;8-/m00/s1. The van der Waals surface area contributed by atoms with Crippen LogP contribution in [0.5, 0.6) is 0 Å². The molecule has 3 N–H and O–H groups in total. The second kappa shape index (κ2) is 15.5. The maximum Gasteiger partial charge on any atom is 0.306 e. The molecule has 2 aliphatic rings. The van der Waals surface area contributed by atoms with Crippen molar-refractivity contribution in [2.24, 2.45) is 11.8 Å². The first-order valence-corrected chi connectivity index (χ1v) is 21.1. The lowest BCUT2D eigenvalue weighted by Gasteiger charge is -2.26. The molecule has 0 radical (unpaired) electrons.